The monoisotopic (exact) mass is 313 g/mol. The molecule has 4 N–H and O–H groups in total. The maximum absolute atomic E-state index is 11.9. The Morgan fingerprint density at radius 1 is 1.33 bits per heavy atom. The molecule has 1 aliphatic rings. The third kappa shape index (κ3) is 4.91. The number of carbonyl (C=O) groups excluding carboxylic acids is 1. The van der Waals surface area contributed by atoms with Crippen molar-refractivity contribution in [3.05, 3.63) is 24.3 Å². The van der Waals surface area contributed by atoms with Crippen LogP contribution in [0.15, 0.2) is 24.3 Å². The summed E-state index contributed by atoms with van der Waals surface area (Å²) in [7, 11) is -3.55. The van der Waals surface area contributed by atoms with Gasteiger partial charge in [0.05, 0.1) is 5.75 Å². The fourth-order valence-electron chi connectivity index (χ4n) is 1.99. The third-order valence-corrected chi connectivity index (χ3v) is 4.46. The number of piperidine rings is 1. The lowest BCUT2D eigenvalue weighted by Gasteiger charge is -2.22. The Balaban J connectivity index is 1.80. The van der Waals surface area contributed by atoms with Gasteiger partial charge < -0.3 is 15.8 Å². The molecule has 0 radical (unpaired) electrons. The first-order valence-electron chi connectivity index (χ1n) is 6.72. The smallest absolute Gasteiger partial charge is 0.238 e. The number of nitrogens with one attached hydrogen (secondary N) is 2. The number of benzene rings is 1. The lowest BCUT2D eigenvalue weighted by atomic mass is 10.1. The number of anilines is 1. The van der Waals surface area contributed by atoms with Gasteiger partial charge in [-0.3, -0.25) is 4.79 Å². The fourth-order valence-corrected chi connectivity index (χ4v) is 3.07. The number of nitrogen functional groups attached to an aromatic ring is 1. The summed E-state index contributed by atoms with van der Waals surface area (Å²) in [5.41, 5.74) is 6.15. The molecule has 21 heavy (non-hydrogen) atoms. The zero-order chi connectivity index (χ0) is 15.3. The van der Waals surface area contributed by atoms with Crippen molar-refractivity contribution in [3.8, 4) is 5.75 Å². The molecule has 1 fully saturated rings. The minimum Gasteiger partial charge on any atom is -0.492 e. The zero-order valence-corrected chi connectivity index (χ0v) is 12.4. The molecule has 116 valence electrons. The summed E-state index contributed by atoms with van der Waals surface area (Å²) in [5.74, 6) is 0.0697. The topological polar surface area (TPSA) is 111 Å². The van der Waals surface area contributed by atoms with Gasteiger partial charge in [0.1, 0.15) is 18.4 Å². The van der Waals surface area contributed by atoms with Gasteiger partial charge in [-0.25, -0.2) is 13.1 Å². The predicted molar refractivity (Wildman–Crippen MR) is 79.3 cm³/mol. The van der Waals surface area contributed by atoms with Crippen molar-refractivity contribution in [1.82, 2.24) is 10.0 Å². The Morgan fingerprint density at radius 3 is 2.71 bits per heavy atom. The molecule has 1 atom stereocenters. The highest BCUT2D eigenvalue weighted by molar-refractivity contribution is 7.89. The standard InChI is InChI=1S/C13H19N3O4S/c14-10-3-5-11(6-4-10)20-8-9-21(18,19)16-12-2-1-7-15-13(12)17/h3-6,12,16H,1-2,7-9,14H2,(H,15,17). The van der Waals surface area contributed by atoms with Gasteiger partial charge in [-0.1, -0.05) is 0 Å². The summed E-state index contributed by atoms with van der Waals surface area (Å²) < 4.78 is 31.5. The number of nitrogens with two attached hydrogens (primary N) is 1. The van der Waals surface area contributed by atoms with Gasteiger partial charge in [-0.15, -0.1) is 0 Å². The van der Waals surface area contributed by atoms with Gasteiger partial charge in [-0.05, 0) is 37.1 Å². The van der Waals surface area contributed by atoms with Crippen LogP contribution in [-0.4, -0.2) is 39.3 Å². The molecule has 8 heteroatoms. The van der Waals surface area contributed by atoms with Crippen molar-refractivity contribution in [2.45, 2.75) is 18.9 Å². The maximum atomic E-state index is 11.9. The van der Waals surface area contributed by atoms with Crippen LogP contribution in [0.2, 0.25) is 0 Å². The molecule has 0 saturated carbocycles. The number of hydrogen-bond donors (Lipinski definition) is 3. The summed E-state index contributed by atoms with van der Waals surface area (Å²) in [4.78, 5) is 11.5. The molecule has 1 amide bonds. The summed E-state index contributed by atoms with van der Waals surface area (Å²) in [6, 6.07) is 6.01. The van der Waals surface area contributed by atoms with Crippen LogP contribution in [0.3, 0.4) is 0 Å². The fraction of sp³-hybridized carbons (Fsp3) is 0.462. The van der Waals surface area contributed by atoms with Gasteiger partial charge in [0.2, 0.25) is 15.9 Å². The van der Waals surface area contributed by atoms with Crippen LogP contribution in [0.1, 0.15) is 12.8 Å². The van der Waals surface area contributed by atoms with Gasteiger partial charge in [-0.2, -0.15) is 0 Å². The molecule has 0 spiro atoms. The van der Waals surface area contributed by atoms with E-state index in [0.29, 0.717) is 24.4 Å². The first-order chi connectivity index (χ1) is 9.96. The number of hydrogen-bond acceptors (Lipinski definition) is 5. The van der Waals surface area contributed by atoms with E-state index in [1.165, 1.54) is 0 Å². The van der Waals surface area contributed by atoms with Crippen molar-refractivity contribution >= 4 is 21.6 Å². The molecular formula is C13H19N3O4S. The van der Waals surface area contributed by atoms with E-state index in [0.717, 1.165) is 6.42 Å². The van der Waals surface area contributed by atoms with Gasteiger partial charge in [0.15, 0.2) is 0 Å². The minimum atomic E-state index is -3.55. The van der Waals surface area contributed by atoms with E-state index < -0.39 is 16.1 Å². The molecule has 1 aromatic rings. The number of ether oxygens (including phenoxy) is 1. The van der Waals surface area contributed by atoms with E-state index in [2.05, 4.69) is 10.0 Å². The summed E-state index contributed by atoms with van der Waals surface area (Å²) in [5, 5.41) is 2.63. The van der Waals surface area contributed by atoms with E-state index in [-0.39, 0.29) is 18.3 Å². The number of carbonyl (C=O) groups is 1. The van der Waals surface area contributed by atoms with Crippen LogP contribution in [0.4, 0.5) is 5.69 Å². The van der Waals surface area contributed by atoms with Crippen molar-refractivity contribution < 1.29 is 17.9 Å². The molecule has 1 heterocycles. The van der Waals surface area contributed by atoms with Crippen LogP contribution < -0.4 is 20.5 Å². The van der Waals surface area contributed by atoms with E-state index in [1.54, 1.807) is 24.3 Å². The third-order valence-electron chi connectivity index (χ3n) is 3.11. The lowest BCUT2D eigenvalue weighted by molar-refractivity contribution is -0.124. The molecule has 2 rings (SSSR count). The SMILES string of the molecule is Nc1ccc(OCCS(=O)(=O)NC2CCCNC2=O)cc1. The largest absolute Gasteiger partial charge is 0.492 e. The summed E-state index contributed by atoms with van der Waals surface area (Å²) >= 11 is 0. The van der Waals surface area contributed by atoms with Crippen LogP contribution in [-0.2, 0) is 14.8 Å². The molecule has 0 bridgehead atoms. The van der Waals surface area contributed by atoms with Crippen molar-refractivity contribution in [2.24, 2.45) is 0 Å². The number of sulfonamides is 1. The highest BCUT2D eigenvalue weighted by atomic mass is 32.2. The second-order valence-electron chi connectivity index (χ2n) is 4.84. The van der Waals surface area contributed by atoms with E-state index in [4.69, 9.17) is 10.5 Å². The Morgan fingerprint density at radius 2 is 2.05 bits per heavy atom. The number of rotatable bonds is 6. The summed E-state index contributed by atoms with van der Waals surface area (Å²) in [6.07, 6.45) is 1.28. The molecule has 0 aliphatic carbocycles. The molecular weight excluding hydrogens is 294 g/mol. The van der Waals surface area contributed by atoms with Crippen molar-refractivity contribution in [1.29, 1.82) is 0 Å². The first-order valence-corrected chi connectivity index (χ1v) is 8.37. The van der Waals surface area contributed by atoms with Crippen LogP contribution >= 0.6 is 0 Å². The molecule has 1 aromatic carbocycles. The summed E-state index contributed by atoms with van der Waals surface area (Å²) in [6.45, 7) is 0.602. The zero-order valence-electron chi connectivity index (χ0n) is 11.5. The Bertz CT molecular complexity index is 586. The molecule has 1 unspecified atom stereocenters. The Hall–Kier alpha value is -1.80. The second-order valence-corrected chi connectivity index (χ2v) is 6.71. The van der Waals surface area contributed by atoms with Gasteiger partial charge in [0, 0.05) is 12.2 Å². The quantitative estimate of drug-likeness (QED) is 0.632. The first kappa shape index (κ1) is 15.6. The van der Waals surface area contributed by atoms with Crippen molar-refractivity contribution in [3.63, 3.8) is 0 Å². The van der Waals surface area contributed by atoms with Crippen molar-refractivity contribution in [2.75, 3.05) is 24.6 Å². The lowest BCUT2D eigenvalue weighted by Crippen LogP contribution is -2.50. The highest BCUT2D eigenvalue weighted by Gasteiger charge is 2.26. The maximum Gasteiger partial charge on any atom is 0.238 e. The van der Waals surface area contributed by atoms with E-state index in [1.807, 2.05) is 0 Å². The van der Waals surface area contributed by atoms with E-state index >= 15 is 0 Å². The Kier molecular flexibility index (Phi) is 5.03. The molecule has 1 saturated heterocycles. The normalized spacial score (nSPS) is 19.0. The van der Waals surface area contributed by atoms with Gasteiger partial charge >= 0.3 is 0 Å². The number of amides is 1. The van der Waals surface area contributed by atoms with Crippen LogP contribution in [0, 0.1) is 0 Å². The highest BCUT2D eigenvalue weighted by Crippen LogP contribution is 2.13. The second kappa shape index (κ2) is 6.77. The van der Waals surface area contributed by atoms with E-state index in [9.17, 15) is 13.2 Å². The predicted octanol–water partition coefficient (Wildman–Crippen LogP) is -0.154. The van der Waals surface area contributed by atoms with Gasteiger partial charge in [0.25, 0.3) is 0 Å². The average molecular weight is 313 g/mol. The average Bonchev–Trinajstić information content (AvgIpc) is 2.43. The molecule has 7 nitrogen and oxygen atoms in total. The van der Waals surface area contributed by atoms with Crippen LogP contribution in [0.25, 0.3) is 0 Å². The molecule has 0 aromatic heterocycles. The van der Waals surface area contributed by atoms with Crippen LogP contribution in [0.5, 0.6) is 5.75 Å². The Labute approximate surface area is 123 Å². The molecule has 1 aliphatic heterocycles. The minimum absolute atomic E-state index is 0.00753.